The van der Waals surface area contributed by atoms with Crippen molar-refractivity contribution < 1.29 is 9.26 Å². The number of nitrogens with zero attached hydrogens (tertiary/aromatic N) is 2. The van der Waals surface area contributed by atoms with Crippen molar-refractivity contribution in [2.45, 2.75) is 32.1 Å². The van der Waals surface area contributed by atoms with E-state index in [-0.39, 0.29) is 0 Å². The molecular formula is C16H18Cl2N2O2. The second-order valence-electron chi connectivity index (χ2n) is 5.53. The van der Waals surface area contributed by atoms with Crippen LogP contribution in [-0.2, 0) is 17.9 Å². The van der Waals surface area contributed by atoms with Gasteiger partial charge in [-0.05, 0) is 30.5 Å². The molecule has 1 aromatic carbocycles. The molecule has 0 spiro atoms. The number of hydrogen-bond acceptors (Lipinski definition) is 4. The van der Waals surface area contributed by atoms with E-state index in [0.29, 0.717) is 22.8 Å². The molecule has 3 rings (SSSR count). The molecule has 1 fully saturated rings. The number of halogens is 2. The summed E-state index contributed by atoms with van der Waals surface area (Å²) in [5.74, 6) is 0. The number of hydrogen-bond donors (Lipinski definition) is 0. The van der Waals surface area contributed by atoms with Crippen LogP contribution in [0.3, 0.4) is 0 Å². The Hall–Kier alpha value is -1.07. The Bertz CT molecular complexity index is 596. The molecule has 22 heavy (non-hydrogen) atoms. The Morgan fingerprint density at radius 1 is 1.18 bits per heavy atom. The fourth-order valence-corrected chi connectivity index (χ4v) is 2.95. The van der Waals surface area contributed by atoms with Crippen LogP contribution < -0.4 is 0 Å². The van der Waals surface area contributed by atoms with Crippen molar-refractivity contribution in [3.63, 3.8) is 0 Å². The van der Waals surface area contributed by atoms with Crippen molar-refractivity contribution in [1.29, 1.82) is 0 Å². The Labute approximate surface area is 139 Å². The van der Waals surface area contributed by atoms with Gasteiger partial charge in [-0.25, -0.2) is 0 Å². The highest BCUT2D eigenvalue weighted by atomic mass is 35.5. The molecule has 1 aliphatic rings. The molecule has 1 saturated heterocycles. The average molecular weight is 341 g/mol. The zero-order chi connectivity index (χ0) is 15.4. The second kappa shape index (κ2) is 7.47. The Balaban J connectivity index is 1.43. The predicted octanol–water partition coefficient (Wildman–Crippen LogP) is 4.16. The van der Waals surface area contributed by atoms with Crippen molar-refractivity contribution in [3.05, 3.63) is 51.8 Å². The first-order valence-electron chi connectivity index (χ1n) is 7.38. The summed E-state index contributed by atoms with van der Waals surface area (Å²) in [5, 5.41) is 5.10. The summed E-state index contributed by atoms with van der Waals surface area (Å²) in [7, 11) is 0. The summed E-state index contributed by atoms with van der Waals surface area (Å²) in [4.78, 5) is 2.37. The lowest BCUT2D eigenvalue weighted by molar-refractivity contribution is -0.00427. The van der Waals surface area contributed by atoms with Crippen LogP contribution in [0.25, 0.3) is 0 Å². The van der Waals surface area contributed by atoms with Crippen LogP contribution in [0.2, 0.25) is 10.0 Å². The van der Waals surface area contributed by atoms with Crippen LogP contribution >= 0.6 is 23.2 Å². The lowest BCUT2D eigenvalue weighted by atomic mass is 10.1. The molecule has 0 aliphatic carbocycles. The standard InChI is InChI=1S/C16H18Cl2N2O2/c17-15-2-1-12(9-16(15)18)11-21-14-3-6-20(7-4-14)10-13-5-8-22-19-13/h1-2,5,8-9,14H,3-4,6-7,10-11H2. The van der Waals surface area contributed by atoms with E-state index in [4.69, 9.17) is 32.5 Å². The first-order chi connectivity index (χ1) is 10.7. The average Bonchev–Trinajstić information content (AvgIpc) is 3.03. The third-order valence-corrected chi connectivity index (χ3v) is 4.62. The molecule has 0 N–H and O–H groups in total. The molecule has 4 nitrogen and oxygen atoms in total. The second-order valence-corrected chi connectivity index (χ2v) is 6.34. The molecule has 2 aromatic rings. The lowest BCUT2D eigenvalue weighted by Crippen LogP contribution is -2.36. The fraction of sp³-hybridized carbons (Fsp3) is 0.438. The predicted molar refractivity (Wildman–Crippen MR) is 86.1 cm³/mol. The summed E-state index contributed by atoms with van der Waals surface area (Å²) >= 11 is 11.9. The van der Waals surface area contributed by atoms with Gasteiger partial charge in [0.15, 0.2) is 0 Å². The van der Waals surface area contributed by atoms with E-state index >= 15 is 0 Å². The third kappa shape index (κ3) is 4.23. The molecule has 0 radical (unpaired) electrons. The SMILES string of the molecule is Clc1ccc(COC2CCN(Cc3ccon3)CC2)cc1Cl. The first kappa shape index (κ1) is 15.8. The van der Waals surface area contributed by atoms with Gasteiger partial charge in [0.25, 0.3) is 0 Å². The monoisotopic (exact) mass is 340 g/mol. The highest BCUT2D eigenvalue weighted by Crippen LogP contribution is 2.24. The molecule has 1 aromatic heterocycles. The highest BCUT2D eigenvalue weighted by molar-refractivity contribution is 6.42. The maximum Gasteiger partial charge on any atom is 0.124 e. The van der Waals surface area contributed by atoms with Crippen LogP contribution in [0.1, 0.15) is 24.1 Å². The van der Waals surface area contributed by atoms with Gasteiger partial charge in [-0.15, -0.1) is 0 Å². The summed E-state index contributed by atoms with van der Waals surface area (Å²) in [6.45, 7) is 3.44. The van der Waals surface area contributed by atoms with Crippen molar-refractivity contribution >= 4 is 23.2 Å². The third-order valence-electron chi connectivity index (χ3n) is 3.88. The Morgan fingerprint density at radius 3 is 2.68 bits per heavy atom. The number of aromatic nitrogens is 1. The Kier molecular flexibility index (Phi) is 5.37. The van der Waals surface area contributed by atoms with Crippen molar-refractivity contribution in [2.75, 3.05) is 13.1 Å². The summed E-state index contributed by atoms with van der Waals surface area (Å²) in [5.41, 5.74) is 2.04. The van der Waals surface area contributed by atoms with Crippen LogP contribution in [0.4, 0.5) is 0 Å². The van der Waals surface area contributed by atoms with E-state index in [9.17, 15) is 0 Å². The van der Waals surface area contributed by atoms with Crippen LogP contribution in [0.15, 0.2) is 35.1 Å². The van der Waals surface area contributed by atoms with E-state index in [1.165, 1.54) is 0 Å². The molecule has 0 bridgehead atoms. The number of benzene rings is 1. The van der Waals surface area contributed by atoms with Gasteiger partial charge < -0.3 is 9.26 Å². The minimum absolute atomic E-state index is 0.294. The smallest absolute Gasteiger partial charge is 0.124 e. The van der Waals surface area contributed by atoms with Gasteiger partial charge in [0.2, 0.25) is 0 Å². The zero-order valence-electron chi connectivity index (χ0n) is 12.2. The molecule has 2 heterocycles. The summed E-state index contributed by atoms with van der Waals surface area (Å²) in [6.07, 6.45) is 3.96. The first-order valence-corrected chi connectivity index (χ1v) is 8.13. The van der Waals surface area contributed by atoms with E-state index in [2.05, 4.69) is 10.1 Å². The number of likely N-dealkylation sites (tertiary alicyclic amines) is 1. The normalized spacial score (nSPS) is 17.0. The van der Waals surface area contributed by atoms with Crippen LogP contribution in [-0.4, -0.2) is 29.3 Å². The van der Waals surface area contributed by atoms with Gasteiger partial charge in [0, 0.05) is 25.7 Å². The maximum absolute atomic E-state index is 6.01. The number of piperidine rings is 1. The minimum Gasteiger partial charge on any atom is -0.373 e. The van der Waals surface area contributed by atoms with E-state index in [1.807, 2.05) is 24.3 Å². The molecule has 0 atom stereocenters. The van der Waals surface area contributed by atoms with Crippen LogP contribution in [0, 0.1) is 0 Å². The summed E-state index contributed by atoms with van der Waals surface area (Å²) < 4.78 is 10.8. The molecule has 118 valence electrons. The van der Waals surface area contributed by atoms with Gasteiger partial charge in [-0.1, -0.05) is 34.4 Å². The minimum atomic E-state index is 0.294. The lowest BCUT2D eigenvalue weighted by Gasteiger charge is -2.31. The molecule has 0 saturated carbocycles. The number of ether oxygens (including phenoxy) is 1. The van der Waals surface area contributed by atoms with Crippen molar-refractivity contribution in [3.8, 4) is 0 Å². The number of rotatable bonds is 5. The van der Waals surface area contributed by atoms with Crippen molar-refractivity contribution in [1.82, 2.24) is 10.1 Å². The fourth-order valence-electron chi connectivity index (χ4n) is 2.63. The van der Waals surface area contributed by atoms with Crippen LogP contribution in [0.5, 0.6) is 0 Å². The van der Waals surface area contributed by atoms with E-state index in [1.54, 1.807) is 6.26 Å². The molecule has 1 aliphatic heterocycles. The van der Waals surface area contributed by atoms with Gasteiger partial charge in [0.1, 0.15) is 6.26 Å². The van der Waals surface area contributed by atoms with Gasteiger partial charge in [0.05, 0.1) is 28.5 Å². The Morgan fingerprint density at radius 2 is 2.00 bits per heavy atom. The molecule has 0 unspecified atom stereocenters. The maximum atomic E-state index is 6.01. The van der Waals surface area contributed by atoms with E-state index in [0.717, 1.165) is 43.7 Å². The largest absolute Gasteiger partial charge is 0.373 e. The quantitative estimate of drug-likeness (QED) is 0.818. The van der Waals surface area contributed by atoms with Gasteiger partial charge in [-0.3, -0.25) is 4.90 Å². The highest BCUT2D eigenvalue weighted by Gasteiger charge is 2.20. The molecule has 6 heteroatoms. The van der Waals surface area contributed by atoms with Gasteiger partial charge >= 0.3 is 0 Å². The topological polar surface area (TPSA) is 38.5 Å². The van der Waals surface area contributed by atoms with Gasteiger partial charge in [-0.2, -0.15) is 0 Å². The summed E-state index contributed by atoms with van der Waals surface area (Å²) in [6, 6.07) is 7.54. The zero-order valence-corrected chi connectivity index (χ0v) is 13.7. The van der Waals surface area contributed by atoms with E-state index < -0.39 is 0 Å². The molecular weight excluding hydrogens is 323 g/mol. The molecule has 0 amide bonds. The van der Waals surface area contributed by atoms with Crippen molar-refractivity contribution in [2.24, 2.45) is 0 Å².